The molecule has 1 aliphatic heterocycles. The molecular formula is C16H26N2. The van der Waals surface area contributed by atoms with Gasteiger partial charge in [0.15, 0.2) is 0 Å². The third kappa shape index (κ3) is 3.26. The molecular weight excluding hydrogens is 220 g/mol. The SMILES string of the molecule is CC(N)Cc1ccc(N2CCC(C(C)C)C2)cc1. The Hall–Kier alpha value is -1.02. The molecule has 2 nitrogen and oxygen atoms in total. The summed E-state index contributed by atoms with van der Waals surface area (Å²) in [5, 5.41) is 0. The molecule has 0 amide bonds. The van der Waals surface area contributed by atoms with E-state index in [9.17, 15) is 0 Å². The second-order valence-corrected chi connectivity index (χ2v) is 6.09. The summed E-state index contributed by atoms with van der Waals surface area (Å²) in [4.78, 5) is 2.51. The molecule has 1 aromatic carbocycles. The Morgan fingerprint density at radius 1 is 1.22 bits per heavy atom. The summed E-state index contributed by atoms with van der Waals surface area (Å²) in [6.07, 6.45) is 2.30. The summed E-state index contributed by atoms with van der Waals surface area (Å²) in [6.45, 7) is 9.14. The fourth-order valence-corrected chi connectivity index (χ4v) is 2.78. The summed E-state index contributed by atoms with van der Waals surface area (Å²) in [7, 11) is 0. The van der Waals surface area contributed by atoms with E-state index in [-0.39, 0.29) is 6.04 Å². The van der Waals surface area contributed by atoms with Crippen molar-refractivity contribution in [2.75, 3.05) is 18.0 Å². The van der Waals surface area contributed by atoms with Crippen LogP contribution in [0.2, 0.25) is 0 Å². The Labute approximate surface area is 111 Å². The number of nitrogens with zero attached hydrogens (tertiary/aromatic N) is 1. The lowest BCUT2D eigenvalue weighted by Crippen LogP contribution is -2.21. The van der Waals surface area contributed by atoms with Crippen molar-refractivity contribution in [3.05, 3.63) is 29.8 Å². The van der Waals surface area contributed by atoms with Crippen molar-refractivity contribution in [1.29, 1.82) is 0 Å². The van der Waals surface area contributed by atoms with Crippen molar-refractivity contribution in [3.8, 4) is 0 Å². The molecule has 0 bridgehead atoms. The average molecular weight is 246 g/mol. The van der Waals surface area contributed by atoms with Crippen molar-refractivity contribution in [2.24, 2.45) is 17.6 Å². The molecule has 0 aromatic heterocycles. The van der Waals surface area contributed by atoms with Gasteiger partial charge in [0.05, 0.1) is 0 Å². The van der Waals surface area contributed by atoms with E-state index in [1.54, 1.807) is 0 Å². The van der Waals surface area contributed by atoms with Crippen LogP contribution in [-0.2, 0) is 6.42 Å². The molecule has 0 saturated carbocycles. The number of rotatable bonds is 4. The first-order valence-electron chi connectivity index (χ1n) is 7.15. The predicted molar refractivity (Wildman–Crippen MR) is 79.0 cm³/mol. The third-order valence-electron chi connectivity index (χ3n) is 4.03. The van der Waals surface area contributed by atoms with E-state index in [0.717, 1.165) is 18.3 Å². The van der Waals surface area contributed by atoms with E-state index in [1.807, 2.05) is 0 Å². The smallest absolute Gasteiger partial charge is 0.0366 e. The van der Waals surface area contributed by atoms with E-state index in [4.69, 9.17) is 5.73 Å². The average Bonchev–Trinajstić information content (AvgIpc) is 2.78. The number of benzene rings is 1. The molecule has 18 heavy (non-hydrogen) atoms. The molecule has 2 atom stereocenters. The molecule has 100 valence electrons. The van der Waals surface area contributed by atoms with Crippen LogP contribution >= 0.6 is 0 Å². The maximum absolute atomic E-state index is 5.83. The molecule has 2 rings (SSSR count). The van der Waals surface area contributed by atoms with Gasteiger partial charge in [0.2, 0.25) is 0 Å². The van der Waals surface area contributed by atoms with Gasteiger partial charge in [0, 0.05) is 24.8 Å². The summed E-state index contributed by atoms with van der Waals surface area (Å²) in [5.74, 6) is 1.65. The van der Waals surface area contributed by atoms with Gasteiger partial charge < -0.3 is 10.6 Å². The first-order valence-corrected chi connectivity index (χ1v) is 7.15. The van der Waals surface area contributed by atoms with Crippen molar-refractivity contribution < 1.29 is 0 Å². The second-order valence-electron chi connectivity index (χ2n) is 6.09. The minimum Gasteiger partial charge on any atom is -0.371 e. The van der Waals surface area contributed by atoms with Gasteiger partial charge in [0.25, 0.3) is 0 Å². The van der Waals surface area contributed by atoms with Crippen LogP contribution in [0, 0.1) is 11.8 Å². The molecule has 2 unspecified atom stereocenters. The molecule has 2 heteroatoms. The second kappa shape index (κ2) is 5.75. The first kappa shape index (κ1) is 13.4. The minimum absolute atomic E-state index is 0.243. The van der Waals surface area contributed by atoms with Crippen molar-refractivity contribution >= 4 is 5.69 Å². The van der Waals surface area contributed by atoms with Crippen molar-refractivity contribution in [1.82, 2.24) is 0 Å². The molecule has 1 saturated heterocycles. The first-order chi connectivity index (χ1) is 8.56. The van der Waals surface area contributed by atoms with Crippen LogP contribution in [0.3, 0.4) is 0 Å². The van der Waals surface area contributed by atoms with Crippen LogP contribution < -0.4 is 10.6 Å². The maximum Gasteiger partial charge on any atom is 0.0366 e. The molecule has 0 aliphatic carbocycles. The summed E-state index contributed by atoms with van der Waals surface area (Å²) in [5.41, 5.74) is 8.53. The number of anilines is 1. The van der Waals surface area contributed by atoms with E-state index in [0.29, 0.717) is 0 Å². The predicted octanol–water partition coefficient (Wildman–Crippen LogP) is 3.06. The van der Waals surface area contributed by atoms with Gasteiger partial charge in [-0.1, -0.05) is 26.0 Å². The largest absolute Gasteiger partial charge is 0.371 e. The van der Waals surface area contributed by atoms with Gasteiger partial charge >= 0.3 is 0 Å². The molecule has 0 radical (unpaired) electrons. The normalized spacial score (nSPS) is 21.6. The summed E-state index contributed by atoms with van der Waals surface area (Å²) < 4.78 is 0. The molecule has 1 aromatic rings. The Balaban J connectivity index is 1.98. The lowest BCUT2D eigenvalue weighted by atomic mass is 9.95. The van der Waals surface area contributed by atoms with Crippen molar-refractivity contribution in [2.45, 2.75) is 39.7 Å². The van der Waals surface area contributed by atoms with Crippen LogP contribution in [-0.4, -0.2) is 19.1 Å². The summed E-state index contributed by atoms with van der Waals surface area (Å²) in [6, 6.07) is 9.19. The molecule has 2 N–H and O–H groups in total. The molecule has 1 aliphatic rings. The highest BCUT2D eigenvalue weighted by atomic mass is 15.1. The van der Waals surface area contributed by atoms with E-state index < -0.39 is 0 Å². The lowest BCUT2D eigenvalue weighted by molar-refractivity contribution is 0.423. The fraction of sp³-hybridized carbons (Fsp3) is 0.625. The van der Waals surface area contributed by atoms with Gasteiger partial charge in [-0.05, 0) is 49.3 Å². The van der Waals surface area contributed by atoms with Crippen LogP contribution in [0.15, 0.2) is 24.3 Å². The van der Waals surface area contributed by atoms with Crippen LogP contribution in [0.25, 0.3) is 0 Å². The Morgan fingerprint density at radius 2 is 1.89 bits per heavy atom. The monoisotopic (exact) mass is 246 g/mol. The Bertz CT molecular complexity index is 367. The topological polar surface area (TPSA) is 29.3 Å². The summed E-state index contributed by atoms with van der Waals surface area (Å²) >= 11 is 0. The van der Waals surface area contributed by atoms with Gasteiger partial charge in [0.1, 0.15) is 0 Å². The zero-order valence-corrected chi connectivity index (χ0v) is 11.9. The van der Waals surface area contributed by atoms with E-state index in [2.05, 4.69) is 49.9 Å². The number of hydrogen-bond donors (Lipinski definition) is 1. The number of hydrogen-bond acceptors (Lipinski definition) is 2. The van der Waals surface area contributed by atoms with E-state index in [1.165, 1.54) is 30.8 Å². The highest BCUT2D eigenvalue weighted by Gasteiger charge is 2.24. The molecule has 0 spiro atoms. The standard InChI is InChI=1S/C16H26N2/c1-12(2)15-8-9-18(11-15)16-6-4-14(5-7-16)10-13(3)17/h4-7,12-13,15H,8-11,17H2,1-3H3. The van der Waals surface area contributed by atoms with Gasteiger partial charge in [-0.3, -0.25) is 0 Å². The quantitative estimate of drug-likeness (QED) is 0.884. The molecule has 1 fully saturated rings. The van der Waals surface area contributed by atoms with Gasteiger partial charge in [-0.25, -0.2) is 0 Å². The third-order valence-corrected chi connectivity index (χ3v) is 4.03. The lowest BCUT2D eigenvalue weighted by Gasteiger charge is -2.20. The fourth-order valence-electron chi connectivity index (χ4n) is 2.78. The number of nitrogens with two attached hydrogens (primary N) is 1. The zero-order valence-electron chi connectivity index (χ0n) is 11.9. The van der Waals surface area contributed by atoms with E-state index >= 15 is 0 Å². The zero-order chi connectivity index (χ0) is 13.1. The highest BCUT2D eigenvalue weighted by molar-refractivity contribution is 5.48. The van der Waals surface area contributed by atoms with Crippen LogP contribution in [0.5, 0.6) is 0 Å². The van der Waals surface area contributed by atoms with Gasteiger partial charge in [-0.2, -0.15) is 0 Å². The Kier molecular flexibility index (Phi) is 4.28. The minimum atomic E-state index is 0.243. The van der Waals surface area contributed by atoms with Crippen molar-refractivity contribution in [3.63, 3.8) is 0 Å². The Morgan fingerprint density at radius 3 is 2.39 bits per heavy atom. The maximum atomic E-state index is 5.83. The van der Waals surface area contributed by atoms with Crippen LogP contribution in [0.1, 0.15) is 32.8 Å². The molecule has 1 heterocycles. The highest BCUT2D eigenvalue weighted by Crippen LogP contribution is 2.28. The van der Waals surface area contributed by atoms with Gasteiger partial charge in [-0.15, -0.1) is 0 Å². The van der Waals surface area contributed by atoms with Crippen LogP contribution in [0.4, 0.5) is 5.69 Å².